The minimum atomic E-state index is 0. The van der Waals surface area contributed by atoms with E-state index < -0.39 is 0 Å². The van der Waals surface area contributed by atoms with Crippen LogP contribution in [-0.2, 0) is 0 Å². The van der Waals surface area contributed by atoms with E-state index in [1.165, 1.54) is 6.33 Å². The van der Waals surface area contributed by atoms with Crippen molar-refractivity contribution in [3.8, 4) is 17.2 Å². The molecule has 140 valence electrons. The average Bonchev–Trinajstić information content (AvgIpc) is 2.62. The van der Waals surface area contributed by atoms with Gasteiger partial charge in [-0.25, -0.2) is 9.97 Å². The number of anilines is 2. The second-order valence-corrected chi connectivity index (χ2v) is 5.33. The van der Waals surface area contributed by atoms with Crippen LogP contribution in [0.3, 0.4) is 0 Å². The van der Waals surface area contributed by atoms with Crippen LogP contribution in [0.1, 0.15) is 0 Å². The number of nitrogens with zero attached hydrogens (tertiary/aromatic N) is 2. The van der Waals surface area contributed by atoms with Crippen molar-refractivity contribution in [2.75, 3.05) is 26.6 Å². The molecule has 0 spiro atoms. The Hall–Kier alpha value is -2.15. The molecule has 0 saturated carbocycles. The predicted molar refractivity (Wildman–Crippen MR) is 108 cm³/mol. The van der Waals surface area contributed by atoms with Crippen LogP contribution in [0.15, 0.2) is 36.7 Å². The number of aromatic nitrogens is 2. The Bertz CT molecular complexity index is 876. The molecule has 1 N–H and O–H groups in total. The summed E-state index contributed by atoms with van der Waals surface area (Å²) >= 11 is 5.92. The monoisotopic (exact) mass is 417 g/mol. The van der Waals surface area contributed by atoms with Crippen molar-refractivity contribution < 1.29 is 14.2 Å². The van der Waals surface area contributed by atoms with Gasteiger partial charge in [-0.2, -0.15) is 0 Å². The molecule has 0 saturated heterocycles. The van der Waals surface area contributed by atoms with Gasteiger partial charge < -0.3 is 19.5 Å². The third kappa shape index (κ3) is 4.15. The molecule has 0 unspecified atom stereocenters. The topological polar surface area (TPSA) is 65.5 Å². The number of rotatable bonds is 5. The van der Waals surface area contributed by atoms with Gasteiger partial charge in [0, 0.05) is 10.7 Å². The van der Waals surface area contributed by atoms with Gasteiger partial charge in [-0.3, -0.25) is 0 Å². The van der Waals surface area contributed by atoms with Gasteiger partial charge >= 0.3 is 0 Å². The number of nitrogens with one attached hydrogen (secondary N) is 1. The Balaban J connectivity index is 0.00000169. The van der Waals surface area contributed by atoms with E-state index in [9.17, 15) is 0 Å². The van der Waals surface area contributed by atoms with Gasteiger partial charge in [0.05, 0.1) is 26.7 Å². The zero-order valence-electron chi connectivity index (χ0n) is 14.3. The van der Waals surface area contributed by atoms with Crippen molar-refractivity contribution in [3.05, 3.63) is 41.7 Å². The molecule has 26 heavy (non-hydrogen) atoms. The molecular formula is C17H18Cl3N3O3. The first-order chi connectivity index (χ1) is 11.7. The van der Waals surface area contributed by atoms with Crippen LogP contribution in [0, 0.1) is 0 Å². The maximum atomic E-state index is 5.92. The Kier molecular flexibility index (Phi) is 8.02. The van der Waals surface area contributed by atoms with Crippen LogP contribution in [0.4, 0.5) is 11.5 Å². The van der Waals surface area contributed by atoms with Crippen LogP contribution in [0.2, 0.25) is 5.02 Å². The lowest BCUT2D eigenvalue weighted by atomic mass is 10.1. The van der Waals surface area contributed by atoms with E-state index in [-0.39, 0.29) is 24.8 Å². The molecule has 0 radical (unpaired) electrons. The Morgan fingerprint density at radius 1 is 0.885 bits per heavy atom. The molecule has 3 aromatic rings. The van der Waals surface area contributed by atoms with E-state index in [0.29, 0.717) is 33.6 Å². The van der Waals surface area contributed by atoms with Gasteiger partial charge in [0.15, 0.2) is 11.5 Å². The number of benzene rings is 2. The molecule has 0 bridgehead atoms. The molecule has 0 fully saturated rings. The van der Waals surface area contributed by atoms with E-state index in [1.807, 2.05) is 18.2 Å². The summed E-state index contributed by atoms with van der Waals surface area (Å²) in [7, 11) is 4.69. The van der Waals surface area contributed by atoms with E-state index >= 15 is 0 Å². The molecule has 6 nitrogen and oxygen atoms in total. The lowest BCUT2D eigenvalue weighted by Gasteiger charge is -2.15. The maximum absolute atomic E-state index is 5.92. The molecule has 0 aliphatic heterocycles. The Morgan fingerprint density at radius 3 is 2.12 bits per heavy atom. The first-order valence-electron chi connectivity index (χ1n) is 7.14. The van der Waals surface area contributed by atoms with Crippen LogP contribution >= 0.6 is 36.4 Å². The third-order valence-corrected chi connectivity index (χ3v) is 3.79. The highest BCUT2D eigenvalue weighted by atomic mass is 35.5. The van der Waals surface area contributed by atoms with Crippen LogP contribution in [0.5, 0.6) is 17.2 Å². The van der Waals surface area contributed by atoms with Crippen molar-refractivity contribution in [3.63, 3.8) is 0 Å². The van der Waals surface area contributed by atoms with Crippen molar-refractivity contribution in [2.24, 2.45) is 0 Å². The fraction of sp³-hybridized carbons (Fsp3) is 0.176. The normalized spacial score (nSPS) is 9.69. The number of ether oxygens (including phenoxy) is 3. The molecule has 2 aromatic carbocycles. The van der Waals surface area contributed by atoms with E-state index in [4.69, 9.17) is 25.8 Å². The summed E-state index contributed by atoms with van der Waals surface area (Å²) in [4.78, 5) is 8.64. The average molecular weight is 419 g/mol. The smallest absolute Gasteiger partial charge is 0.205 e. The predicted octanol–water partition coefficient (Wildman–Crippen LogP) is 4.90. The zero-order chi connectivity index (χ0) is 17.1. The summed E-state index contributed by atoms with van der Waals surface area (Å²) in [5, 5.41) is 4.67. The summed E-state index contributed by atoms with van der Waals surface area (Å²) in [5.41, 5.74) is 1.48. The fourth-order valence-electron chi connectivity index (χ4n) is 2.43. The molecule has 1 heterocycles. The van der Waals surface area contributed by atoms with E-state index in [2.05, 4.69) is 15.3 Å². The second-order valence-electron chi connectivity index (χ2n) is 4.90. The van der Waals surface area contributed by atoms with Gasteiger partial charge in [-0.15, -0.1) is 24.8 Å². The van der Waals surface area contributed by atoms with Crippen molar-refractivity contribution in [1.82, 2.24) is 9.97 Å². The highest BCUT2D eigenvalue weighted by Gasteiger charge is 2.19. The summed E-state index contributed by atoms with van der Waals surface area (Å²) in [6.45, 7) is 0. The number of halogens is 3. The number of hydrogen-bond donors (Lipinski definition) is 1. The van der Waals surface area contributed by atoms with Crippen LogP contribution < -0.4 is 19.5 Å². The van der Waals surface area contributed by atoms with E-state index in [0.717, 1.165) is 11.1 Å². The Morgan fingerprint density at radius 2 is 1.54 bits per heavy atom. The van der Waals surface area contributed by atoms with Crippen molar-refractivity contribution in [1.29, 1.82) is 0 Å². The highest BCUT2D eigenvalue weighted by Crippen LogP contribution is 2.44. The molecular weight excluding hydrogens is 401 g/mol. The van der Waals surface area contributed by atoms with Crippen molar-refractivity contribution >= 4 is 58.8 Å². The van der Waals surface area contributed by atoms with Gasteiger partial charge in [0.1, 0.15) is 17.7 Å². The maximum Gasteiger partial charge on any atom is 0.205 e. The van der Waals surface area contributed by atoms with Gasteiger partial charge in [-0.1, -0.05) is 11.6 Å². The minimum Gasteiger partial charge on any atom is -0.493 e. The molecule has 0 atom stereocenters. The summed E-state index contributed by atoms with van der Waals surface area (Å²) in [5.74, 6) is 2.15. The summed E-state index contributed by atoms with van der Waals surface area (Å²) in [6.07, 6.45) is 1.47. The lowest BCUT2D eigenvalue weighted by molar-refractivity contribution is 0.327. The molecule has 1 aromatic heterocycles. The standard InChI is InChI=1S/C17H16ClN3O3.2ClH/c1-22-13-8-12-14(16(24-3)15(13)23-2)19-9-20-17(12)21-11-6-4-10(18)5-7-11;;/h4-9H,1-3H3,(H,19,20,21);2*1H. The van der Waals surface area contributed by atoms with Crippen molar-refractivity contribution in [2.45, 2.75) is 0 Å². The first kappa shape index (κ1) is 21.9. The molecule has 0 aliphatic rings. The Labute approximate surface area is 168 Å². The van der Waals surface area contributed by atoms with Gasteiger partial charge in [-0.05, 0) is 30.3 Å². The number of fused-ring (bicyclic) bond motifs is 1. The zero-order valence-corrected chi connectivity index (χ0v) is 16.7. The molecule has 0 amide bonds. The third-order valence-electron chi connectivity index (χ3n) is 3.54. The number of methoxy groups -OCH3 is 3. The van der Waals surface area contributed by atoms with Crippen LogP contribution in [0.25, 0.3) is 10.9 Å². The van der Waals surface area contributed by atoms with E-state index in [1.54, 1.807) is 33.5 Å². The van der Waals surface area contributed by atoms with Gasteiger partial charge in [0.25, 0.3) is 0 Å². The van der Waals surface area contributed by atoms with Gasteiger partial charge in [0.2, 0.25) is 5.75 Å². The number of hydrogen-bond acceptors (Lipinski definition) is 6. The molecule has 9 heteroatoms. The fourth-order valence-corrected chi connectivity index (χ4v) is 2.56. The first-order valence-corrected chi connectivity index (χ1v) is 7.52. The molecule has 0 aliphatic carbocycles. The SMILES string of the molecule is COc1cc2c(Nc3ccc(Cl)cc3)ncnc2c(OC)c1OC.Cl.Cl. The highest BCUT2D eigenvalue weighted by molar-refractivity contribution is 6.30. The van der Waals surface area contributed by atoms with Crippen LogP contribution in [-0.4, -0.2) is 31.3 Å². The quantitative estimate of drug-likeness (QED) is 0.636. The summed E-state index contributed by atoms with van der Waals surface area (Å²) in [6, 6.07) is 9.16. The second kappa shape index (κ2) is 9.52. The largest absolute Gasteiger partial charge is 0.493 e. The lowest BCUT2D eigenvalue weighted by Crippen LogP contribution is -2.00. The minimum absolute atomic E-state index is 0. The summed E-state index contributed by atoms with van der Waals surface area (Å²) < 4.78 is 16.3. The molecule has 3 rings (SSSR count).